The van der Waals surface area contributed by atoms with Crippen LogP contribution in [0.25, 0.3) is 0 Å². The smallest absolute Gasteiger partial charge is 0.337 e. The zero-order valence-electron chi connectivity index (χ0n) is 11.8. The van der Waals surface area contributed by atoms with Gasteiger partial charge < -0.3 is 9.47 Å². The molecule has 104 valence electrons. The first-order chi connectivity index (χ1) is 9.08. The number of carbonyl (C=O) groups is 1. The minimum absolute atomic E-state index is 0.276. The van der Waals surface area contributed by atoms with Gasteiger partial charge in [-0.05, 0) is 31.5 Å². The van der Waals surface area contributed by atoms with Crippen molar-refractivity contribution in [2.75, 3.05) is 20.2 Å². The molecule has 1 saturated heterocycles. The summed E-state index contributed by atoms with van der Waals surface area (Å²) in [6.45, 7) is 6.98. The minimum Gasteiger partial charge on any atom is -0.465 e. The monoisotopic (exact) mass is 263 g/mol. The lowest BCUT2D eigenvalue weighted by atomic mass is 10.1. The first kappa shape index (κ1) is 14.0. The predicted molar refractivity (Wildman–Crippen MR) is 73.1 cm³/mol. The summed E-state index contributed by atoms with van der Waals surface area (Å²) in [4.78, 5) is 13.7. The Labute approximate surface area is 114 Å². The Morgan fingerprint density at radius 1 is 1.26 bits per heavy atom. The van der Waals surface area contributed by atoms with Crippen LogP contribution >= 0.6 is 0 Å². The third-order valence-electron chi connectivity index (χ3n) is 3.28. The van der Waals surface area contributed by atoms with Gasteiger partial charge in [0.2, 0.25) is 0 Å². The van der Waals surface area contributed by atoms with Gasteiger partial charge in [-0.15, -0.1) is 0 Å². The van der Waals surface area contributed by atoms with Crippen molar-refractivity contribution in [3.05, 3.63) is 35.4 Å². The van der Waals surface area contributed by atoms with Crippen molar-refractivity contribution in [1.82, 2.24) is 4.90 Å². The van der Waals surface area contributed by atoms with Gasteiger partial charge in [-0.3, -0.25) is 4.90 Å². The quantitative estimate of drug-likeness (QED) is 0.783. The number of morpholine rings is 1. The van der Waals surface area contributed by atoms with Gasteiger partial charge in [0.1, 0.15) is 0 Å². The van der Waals surface area contributed by atoms with Gasteiger partial charge in [-0.1, -0.05) is 12.1 Å². The summed E-state index contributed by atoms with van der Waals surface area (Å²) in [6.07, 6.45) is 0.552. The lowest BCUT2D eigenvalue weighted by Gasteiger charge is -2.35. The second-order valence-corrected chi connectivity index (χ2v) is 5.14. The summed E-state index contributed by atoms with van der Waals surface area (Å²) in [5.74, 6) is -0.292. The van der Waals surface area contributed by atoms with Gasteiger partial charge in [0.25, 0.3) is 0 Å². The molecule has 1 heterocycles. The van der Waals surface area contributed by atoms with E-state index in [2.05, 4.69) is 23.5 Å². The van der Waals surface area contributed by atoms with Crippen LogP contribution < -0.4 is 0 Å². The second-order valence-electron chi connectivity index (χ2n) is 5.14. The van der Waals surface area contributed by atoms with E-state index in [-0.39, 0.29) is 18.2 Å². The van der Waals surface area contributed by atoms with Gasteiger partial charge in [-0.25, -0.2) is 4.79 Å². The van der Waals surface area contributed by atoms with Crippen LogP contribution in [0.5, 0.6) is 0 Å². The van der Waals surface area contributed by atoms with Crippen LogP contribution in [0.3, 0.4) is 0 Å². The van der Waals surface area contributed by atoms with Crippen molar-refractivity contribution in [1.29, 1.82) is 0 Å². The molecule has 0 radical (unpaired) electrons. The molecule has 2 atom stereocenters. The Bertz CT molecular complexity index is 420. The summed E-state index contributed by atoms with van der Waals surface area (Å²) in [5.41, 5.74) is 1.80. The topological polar surface area (TPSA) is 38.8 Å². The van der Waals surface area contributed by atoms with E-state index in [1.54, 1.807) is 0 Å². The maximum atomic E-state index is 11.4. The molecule has 1 aromatic rings. The Morgan fingerprint density at radius 2 is 1.84 bits per heavy atom. The Balaban J connectivity index is 1.97. The van der Waals surface area contributed by atoms with Crippen LogP contribution in [0.15, 0.2) is 24.3 Å². The Morgan fingerprint density at radius 3 is 2.37 bits per heavy atom. The van der Waals surface area contributed by atoms with Crippen LogP contribution in [0.1, 0.15) is 29.8 Å². The van der Waals surface area contributed by atoms with E-state index in [9.17, 15) is 4.79 Å². The van der Waals surface area contributed by atoms with Crippen LogP contribution in [-0.4, -0.2) is 43.3 Å². The summed E-state index contributed by atoms with van der Waals surface area (Å²) in [5, 5.41) is 0. The highest BCUT2D eigenvalue weighted by molar-refractivity contribution is 5.89. The molecular weight excluding hydrogens is 242 g/mol. The molecule has 1 aliphatic rings. The van der Waals surface area contributed by atoms with Crippen LogP contribution in [0.4, 0.5) is 0 Å². The Kier molecular flexibility index (Phi) is 4.56. The van der Waals surface area contributed by atoms with Gasteiger partial charge in [-0.2, -0.15) is 0 Å². The predicted octanol–water partition coefficient (Wildman–Crippen LogP) is 2.08. The molecule has 4 nitrogen and oxygen atoms in total. The Hall–Kier alpha value is -1.39. The molecule has 0 N–H and O–H groups in total. The van der Waals surface area contributed by atoms with Crippen LogP contribution in [0.2, 0.25) is 0 Å². The van der Waals surface area contributed by atoms with Gasteiger partial charge >= 0.3 is 5.97 Å². The summed E-state index contributed by atoms with van der Waals surface area (Å²) < 4.78 is 10.4. The molecule has 1 aromatic carbocycles. The van der Waals surface area contributed by atoms with Crippen molar-refractivity contribution < 1.29 is 14.3 Å². The highest BCUT2D eigenvalue weighted by Gasteiger charge is 2.21. The first-order valence-electron chi connectivity index (χ1n) is 6.63. The summed E-state index contributed by atoms with van der Waals surface area (Å²) >= 11 is 0. The number of hydrogen-bond donors (Lipinski definition) is 0. The SMILES string of the molecule is COC(=O)c1ccc(CN2C[C@@H](C)O[C@H](C)C2)cc1. The fourth-order valence-corrected chi connectivity index (χ4v) is 2.54. The average Bonchev–Trinajstić information content (AvgIpc) is 2.37. The number of nitrogens with zero attached hydrogens (tertiary/aromatic N) is 1. The molecule has 1 fully saturated rings. The third-order valence-corrected chi connectivity index (χ3v) is 3.28. The first-order valence-corrected chi connectivity index (χ1v) is 6.63. The molecule has 0 bridgehead atoms. The molecule has 0 amide bonds. The maximum Gasteiger partial charge on any atom is 0.337 e. The molecular formula is C15H21NO3. The van der Waals surface area contributed by atoms with Crippen molar-refractivity contribution in [3.63, 3.8) is 0 Å². The lowest BCUT2D eigenvalue weighted by Crippen LogP contribution is -2.44. The minimum atomic E-state index is -0.292. The van der Waals surface area contributed by atoms with Crippen molar-refractivity contribution in [2.45, 2.75) is 32.6 Å². The molecule has 19 heavy (non-hydrogen) atoms. The van der Waals surface area contributed by atoms with E-state index in [1.807, 2.05) is 24.3 Å². The molecule has 0 saturated carbocycles. The third kappa shape index (κ3) is 3.78. The number of rotatable bonds is 3. The van der Waals surface area contributed by atoms with Crippen molar-refractivity contribution in [3.8, 4) is 0 Å². The molecule has 1 aliphatic heterocycles. The number of benzene rings is 1. The fourth-order valence-electron chi connectivity index (χ4n) is 2.54. The second kappa shape index (κ2) is 6.17. The highest BCUT2D eigenvalue weighted by Crippen LogP contribution is 2.15. The van der Waals surface area contributed by atoms with E-state index < -0.39 is 0 Å². The standard InChI is InChI=1S/C15H21NO3/c1-11-8-16(9-12(2)19-11)10-13-4-6-14(7-5-13)15(17)18-3/h4-7,11-12H,8-10H2,1-3H3/t11-,12-/m1/s1. The van der Waals surface area contributed by atoms with E-state index in [0.717, 1.165) is 19.6 Å². The van der Waals surface area contributed by atoms with Crippen molar-refractivity contribution >= 4 is 5.97 Å². The molecule has 0 unspecified atom stereocenters. The number of methoxy groups -OCH3 is 1. The number of carbonyl (C=O) groups excluding carboxylic acids is 1. The summed E-state index contributed by atoms with van der Waals surface area (Å²) in [7, 11) is 1.40. The zero-order valence-corrected chi connectivity index (χ0v) is 11.8. The van der Waals surface area contributed by atoms with Crippen LogP contribution in [0, 0.1) is 0 Å². The average molecular weight is 263 g/mol. The molecule has 0 spiro atoms. The molecule has 0 aromatic heterocycles. The fraction of sp³-hybridized carbons (Fsp3) is 0.533. The zero-order chi connectivity index (χ0) is 13.8. The molecule has 0 aliphatic carbocycles. The maximum absolute atomic E-state index is 11.4. The largest absolute Gasteiger partial charge is 0.465 e. The summed E-state index contributed by atoms with van der Waals surface area (Å²) in [6, 6.07) is 7.59. The number of hydrogen-bond acceptors (Lipinski definition) is 4. The molecule has 2 rings (SSSR count). The lowest BCUT2D eigenvalue weighted by molar-refractivity contribution is -0.0704. The van der Waals surface area contributed by atoms with E-state index in [0.29, 0.717) is 5.56 Å². The van der Waals surface area contributed by atoms with Crippen molar-refractivity contribution in [2.24, 2.45) is 0 Å². The van der Waals surface area contributed by atoms with E-state index >= 15 is 0 Å². The van der Waals surface area contributed by atoms with Crippen LogP contribution in [-0.2, 0) is 16.0 Å². The normalized spacial score (nSPS) is 24.2. The van der Waals surface area contributed by atoms with Gasteiger partial charge in [0, 0.05) is 19.6 Å². The molecule has 4 heteroatoms. The number of ether oxygens (including phenoxy) is 2. The van der Waals surface area contributed by atoms with Gasteiger partial charge in [0.15, 0.2) is 0 Å². The van der Waals surface area contributed by atoms with E-state index in [1.165, 1.54) is 12.7 Å². The number of esters is 1. The highest BCUT2D eigenvalue weighted by atomic mass is 16.5. The van der Waals surface area contributed by atoms with E-state index in [4.69, 9.17) is 4.74 Å². The van der Waals surface area contributed by atoms with Gasteiger partial charge in [0.05, 0.1) is 24.9 Å².